The summed E-state index contributed by atoms with van der Waals surface area (Å²) < 4.78 is 5.36. The number of aliphatic imine (C=N–C) groups is 1. The van der Waals surface area contributed by atoms with Crippen molar-refractivity contribution in [1.29, 1.82) is 0 Å². The number of furan rings is 1. The Labute approximate surface area is 142 Å². The number of nitrogens with zero attached hydrogens (tertiary/aromatic N) is 6. The molecule has 3 heterocycles. The van der Waals surface area contributed by atoms with E-state index in [-0.39, 0.29) is 18.2 Å². The van der Waals surface area contributed by atoms with Gasteiger partial charge in [-0.05, 0) is 18.2 Å². The van der Waals surface area contributed by atoms with Crippen LogP contribution in [-0.2, 0) is 0 Å². The van der Waals surface area contributed by atoms with Crippen LogP contribution in [0.15, 0.2) is 74.4 Å². The van der Waals surface area contributed by atoms with Gasteiger partial charge in [-0.2, -0.15) is 10.2 Å². The molecule has 0 spiro atoms. The van der Waals surface area contributed by atoms with E-state index in [1.807, 2.05) is 41.5 Å². The van der Waals surface area contributed by atoms with Gasteiger partial charge in [-0.3, -0.25) is 20.1 Å². The molecule has 25 heavy (non-hydrogen) atoms. The molecule has 0 saturated carbocycles. The van der Waals surface area contributed by atoms with E-state index in [4.69, 9.17) is 4.42 Å². The minimum absolute atomic E-state index is 0.145. The lowest BCUT2D eigenvalue weighted by Crippen LogP contribution is -2.40. The maximum absolute atomic E-state index is 10.9. The highest BCUT2D eigenvalue weighted by molar-refractivity contribution is 5.72. The highest BCUT2D eigenvalue weighted by Gasteiger charge is 2.41. The van der Waals surface area contributed by atoms with Crippen molar-refractivity contribution in [3.63, 3.8) is 0 Å². The zero-order valence-corrected chi connectivity index (χ0v) is 13.0. The van der Waals surface area contributed by atoms with Gasteiger partial charge < -0.3 is 4.42 Å². The van der Waals surface area contributed by atoms with E-state index >= 15 is 0 Å². The van der Waals surface area contributed by atoms with E-state index in [9.17, 15) is 10.1 Å². The van der Waals surface area contributed by atoms with Crippen molar-refractivity contribution < 1.29 is 9.34 Å². The molecular formula is C16H14N6O3. The quantitative estimate of drug-likeness (QED) is 0.481. The van der Waals surface area contributed by atoms with Crippen molar-refractivity contribution >= 4 is 23.7 Å². The number of benzene rings is 1. The standard InChI is InChI=1S/C16H14N6O3/c23-22(24)16-8-7-15(25-16)21-14(11-13-17-9-4-10-20(13)21)19-18-12-5-2-1-3-6-12/h1-10,13-14H,11H2. The largest absolute Gasteiger partial charge is 0.434 e. The molecule has 2 aliphatic rings. The third-order valence-corrected chi connectivity index (χ3v) is 3.89. The molecule has 1 fully saturated rings. The number of nitro groups is 1. The number of azo groups is 1. The fourth-order valence-electron chi connectivity index (χ4n) is 2.79. The number of hydrazine groups is 1. The summed E-state index contributed by atoms with van der Waals surface area (Å²) in [5.74, 6) is 0.00894. The van der Waals surface area contributed by atoms with E-state index < -0.39 is 4.92 Å². The van der Waals surface area contributed by atoms with Crippen LogP contribution in [0.1, 0.15) is 6.42 Å². The number of hydrogen-bond donors (Lipinski definition) is 0. The molecule has 0 amide bonds. The zero-order chi connectivity index (χ0) is 17.2. The predicted octanol–water partition coefficient (Wildman–Crippen LogP) is 3.65. The van der Waals surface area contributed by atoms with E-state index in [1.54, 1.807) is 23.4 Å². The number of anilines is 1. The molecule has 1 aromatic carbocycles. The van der Waals surface area contributed by atoms with Crippen molar-refractivity contribution in [3.05, 3.63) is 64.9 Å². The van der Waals surface area contributed by atoms with Crippen LogP contribution in [-0.4, -0.2) is 28.5 Å². The van der Waals surface area contributed by atoms with Crippen LogP contribution in [0.4, 0.5) is 17.5 Å². The number of fused-ring (bicyclic) bond motifs is 1. The van der Waals surface area contributed by atoms with Gasteiger partial charge in [-0.1, -0.05) is 18.2 Å². The maximum atomic E-state index is 10.9. The summed E-state index contributed by atoms with van der Waals surface area (Å²) in [6, 6.07) is 12.3. The Morgan fingerprint density at radius 3 is 2.84 bits per heavy atom. The van der Waals surface area contributed by atoms with Gasteiger partial charge in [-0.15, -0.1) is 0 Å². The lowest BCUT2D eigenvalue weighted by Gasteiger charge is -2.30. The minimum Gasteiger partial charge on any atom is -0.383 e. The summed E-state index contributed by atoms with van der Waals surface area (Å²) >= 11 is 0. The molecule has 2 aliphatic heterocycles. The summed E-state index contributed by atoms with van der Waals surface area (Å²) in [5, 5.41) is 23.2. The molecule has 126 valence electrons. The first kappa shape index (κ1) is 15.1. The van der Waals surface area contributed by atoms with Gasteiger partial charge in [0.25, 0.3) is 0 Å². The summed E-state index contributed by atoms with van der Waals surface area (Å²) in [6.07, 6.45) is 5.42. The first-order valence-corrected chi connectivity index (χ1v) is 7.70. The molecule has 0 bridgehead atoms. The molecule has 0 aliphatic carbocycles. The molecule has 2 aromatic rings. The number of hydrogen-bond acceptors (Lipinski definition) is 8. The van der Waals surface area contributed by atoms with Gasteiger partial charge in [0.2, 0.25) is 5.88 Å². The zero-order valence-electron chi connectivity index (χ0n) is 13.0. The molecule has 4 rings (SSSR count). The van der Waals surface area contributed by atoms with Gasteiger partial charge in [0.15, 0.2) is 6.17 Å². The topological polar surface area (TPSA) is 99.8 Å². The van der Waals surface area contributed by atoms with Crippen LogP contribution in [0.5, 0.6) is 0 Å². The fraction of sp³-hybridized carbons (Fsp3) is 0.188. The predicted molar refractivity (Wildman–Crippen MR) is 90.5 cm³/mol. The Morgan fingerprint density at radius 2 is 2.08 bits per heavy atom. The Bertz CT molecular complexity index is 860. The summed E-state index contributed by atoms with van der Waals surface area (Å²) in [4.78, 5) is 14.7. The smallest absolute Gasteiger partial charge is 0.383 e. The first-order chi connectivity index (χ1) is 12.2. The van der Waals surface area contributed by atoms with Gasteiger partial charge in [0.05, 0.1) is 11.8 Å². The van der Waals surface area contributed by atoms with Crippen LogP contribution in [0, 0.1) is 10.1 Å². The third-order valence-electron chi connectivity index (χ3n) is 3.89. The van der Waals surface area contributed by atoms with Gasteiger partial charge >= 0.3 is 5.88 Å². The lowest BCUT2D eigenvalue weighted by atomic mass is 10.3. The Balaban J connectivity index is 1.66. The molecule has 0 radical (unpaired) electrons. The Hall–Kier alpha value is -3.49. The third kappa shape index (κ3) is 2.87. The summed E-state index contributed by atoms with van der Waals surface area (Å²) in [7, 11) is 0. The fourth-order valence-corrected chi connectivity index (χ4v) is 2.79. The first-order valence-electron chi connectivity index (χ1n) is 7.70. The van der Waals surface area contributed by atoms with E-state index in [0.717, 1.165) is 5.69 Å². The van der Waals surface area contributed by atoms with Crippen molar-refractivity contribution in [2.24, 2.45) is 15.2 Å². The molecular weight excluding hydrogens is 324 g/mol. The van der Waals surface area contributed by atoms with Crippen molar-refractivity contribution in [3.8, 4) is 0 Å². The monoisotopic (exact) mass is 338 g/mol. The van der Waals surface area contributed by atoms with Crippen molar-refractivity contribution in [1.82, 2.24) is 5.01 Å². The highest BCUT2D eigenvalue weighted by atomic mass is 16.6. The van der Waals surface area contributed by atoms with Crippen molar-refractivity contribution in [2.75, 3.05) is 5.01 Å². The Kier molecular flexibility index (Phi) is 3.73. The average molecular weight is 338 g/mol. The van der Waals surface area contributed by atoms with Gasteiger partial charge in [-0.25, -0.2) is 5.01 Å². The molecule has 0 N–H and O–H groups in total. The second-order valence-corrected chi connectivity index (χ2v) is 5.48. The van der Waals surface area contributed by atoms with Gasteiger partial charge in [0, 0.05) is 24.9 Å². The van der Waals surface area contributed by atoms with Crippen LogP contribution in [0.2, 0.25) is 0 Å². The molecule has 2 unspecified atom stereocenters. The number of allylic oxidation sites excluding steroid dienone is 1. The molecule has 1 aromatic heterocycles. The van der Waals surface area contributed by atoms with Crippen LogP contribution in [0.3, 0.4) is 0 Å². The van der Waals surface area contributed by atoms with E-state index in [2.05, 4.69) is 15.2 Å². The minimum atomic E-state index is -0.568. The average Bonchev–Trinajstić information content (AvgIpc) is 3.25. The van der Waals surface area contributed by atoms with Crippen molar-refractivity contribution in [2.45, 2.75) is 18.8 Å². The maximum Gasteiger partial charge on any atom is 0.434 e. The molecule has 2 atom stereocenters. The molecule has 1 saturated heterocycles. The Morgan fingerprint density at radius 1 is 1.24 bits per heavy atom. The van der Waals surface area contributed by atoms with Gasteiger partial charge in [0.1, 0.15) is 11.1 Å². The lowest BCUT2D eigenvalue weighted by molar-refractivity contribution is -0.401. The van der Waals surface area contributed by atoms with E-state index in [0.29, 0.717) is 12.3 Å². The molecule has 9 nitrogen and oxygen atoms in total. The van der Waals surface area contributed by atoms with Crippen LogP contribution < -0.4 is 5.01 Å². The van der Waals surface area contributed by atoms with E-state index in [1.165, 1.54) is 6.07 Å². The summed E-state index contributed by atoms with van der Waals surface area (Å²) in [5.41, 5.74) is 0.733. The second-order valence-electron chi connectivity index (χ2n) is 5.48. The summed E-state index contributed by atoms with van der Waals surface area (Å²) in [6.45, 7) is 0. The molecule has 9 heteroatoms. The second kappa shape index (κ2) is 6.19. The highest BCUT2D eigenvalue weighted by Crippen LogP contribution is 2.36. The normalized spacial score (nSPS) is 21.9. The van der Waals surface area contributed by atoms with Crippen LogP contribution >= 0.6 is 0 Å². The number of rotatable bonds is 4. The van der Waals surface area contributed by atoms with Crippen LogP contribution in [0.25, 0.3) is 0 Å². The SMILES string of the molecule is O=[N+]([O-])c1ccc(N2C(N=Nc3ccccc3)CC3N=CC=CN32)o1.